The van der Waals surface area contributed by atoms with E-state index in [1.54, 1.807) is 0 Å². The lowest BCUT2D eigenvalue weighted by atomic mass is 9.83. The zero-order valence-corrected chi connectivity index (χ0v) is 5.43. The molecule has 58 valence electrons. The predicted octanol–water partition coefficient (Wildman–Crippen LogP) is -1.62. The second-order valence-corrected chi connectivity index (χ2v) is 2.27. The Balaban J connectivity index is 0. The molecule has 0 unspecified atom stereocenters. The first-order valence-electron chi connectivity index (χ1n) is 2.82. The fourth-order valence-corrected chi connectivity index (χ4v) is 0.825. The van der Waals surface area contributed by atoms with Crippen molar-refractivity contribution in [3.63, 3.8) is 0 Å². The van der Waals surface area contributed by atoms with E-state index in [4.69, 9.17) is 11.5 Å². The molecule has 0 aromatic rings. The van der Waals surface area contributed by atoms with Crippen LogP contribution in [0.3, 0.4) is 0 Å². The number of hydrogen-bond donors (Lipinski definition) is 2. The Kier molecular flexibility index (Phi) is 6.06. The summed E-state index contributed by atoms with van der Waals surface area (Å²) in [6.07, 6.45) is 3.78. The first kappa shape index (κ1) is 11.6. The van der Waals surface area contributed by atoms with Gasteiger partial charge in [0, 0.05) is 0 Å². The Bertz CT molecular complexity index is 64.0. The van der Waals surface area contributed by atoms with Crippen LogP contribution in [0.2, 0.25) is 0 Å². The lowest BCUT2D eigenvalue weighted by molar-refractivity contribution is 0.265. The fraction of sp³-hybridized carbons (Fsp3) is 1.00. The molecule has 0 aromatic carbocycles. The molecule has 1 rings (SSSR count). The maximum absolute atomic E-state index is 5.38. The summed E-state index contributed by atoms with van der Waals surface area (Å²) in [6, 6.07) is 0. The Hall–Kier alpha value is -0.160. The van der Waals surface area contributed by atoms with E-state index in [0.29, 0.717) is 5.92 Å². The molecule has 0 saturated heterocycles. The standard InChI is InChI=1S/C5H12N2.2H2O/c6-5(7)4-2-1-3-4;;/h4-5H,1-3,6-7H2;2*1H2. The van der Waals surface area contributed by atoms with Crippen molar-refractivity contribution in [2.24, 2.45) is 17.4 Å². The summed E-state index contributed by atoms with van der Waals surface area (Å²) < 4.78 is 0. The van der Waals surface area contributed by atoms with E-state index in [9.17, 15) is 0 Å². The first-order chi connectivity index (χ1) is 3.30. The minimum atomic E-state index is -0.0475. The molecule has 0 aliphatic heterocycles. The average molecular weight is 136 g/mol. The van der Waals surface area contributed by atoms with E-state index < -0.39 is 0 Å². The van der Waals surface area contributed by atoms with Gasteiger partial charge in [-0.15, -0.1) is 0 Å². The van der Waals surface area contributed by atoms with E-state index in [0.717, 1.165) is 0 Å². The molecule has 0 spiro atoms. The first-order valence-corrected chi connectivity index (χ1v) is 2.82. The smallest absolute Gasteiger partial charge is 0.0549 e. The van der Waals surface area contributed by atoms with Gasteiger partial charge in [0.05, 0.1) is 6.17 Å². The molecular formula is C5H16N2O2. The topological polar surface area (TPSA) is 115 Å². The van der Waals surface area contributed by atoms with Crippen LogP contribution in [0.1, 0.15) is 19.3 Å². The summed E-state index contributed by atoms with van der Waals surface area (Å²) >= 11 is 0. The summed E-state index contributed by atoms with van der Waals surface area (Å²) in [5.41, 5.74) is 10.8. The van der Waals surface area contributed by atoms with Gasteiger partial charge in [-0.25, -0.2) is 0 Å². The van der Waals surface area contributed by atoms with Gasteiger partial charge in [-0.05, 0) is 18.8 Å². The van der Waals surface area contributed by atoms with Crippen molar-refractivity contribution in [3.8, 4) is 0 Å². The highest BCUT2D eigenvalue weighted by atomic mass is 16.0. The van der Waals surface area contributed by atoms with Crippen LogP contribution in [0.15, 0.2) is 0 Å². The highest BCUT2D eigenvalue weighted by Gasteiger charge is 2.20. The predicted molar refractivity (Wildman–Crippen MR) is 36.7 cm³/mol. The second kappa shape index (κ2) is 4.69. The Morgan fingerprint density at radius 2 is 1.56 bits per heavy atom. The third-order valence-corrected chi connectivity index (χ3v) is 1.69. The lowest BCUT2D eigenvalue weighted by Crippen LogP contribution is -2.41. The van der Waals surface area contributed by atoms with Crippen LogP contribution in [-0.4, -0.2) is 17.1 Å². The molecule has 0 radical (unpaired) electrons. The van der Waals surface area contributed by atoms with Crippen LogP contribution in [0, 0.1) is 5.92 Å². The van der Waals surface area contributed by atoms with Gasteiger partial charge in [0.25, 0.3) is 0 Å². The molecule has 1 aliphatic carbocycles. The molecule has 4 nitrogen and oxygen atoms in total. The van der Waals surface area contributed by atoms with Crippen molar-refractivity contribution in [2.45, 2.75) is 25.4 Å². The normalized spacial score (nSPS) is 17.7. The van der Waals surface area contributed by atoms with E-state index in [2.05, 4.69) is 0 Å². The Morgan fingerprint density at radius 3 is 1.56 bits per heavy atom. The minimum Gasteiger partial charge on any atom is -0.412 e. The van der Waals surface area contributed by atoms with E-state index in [-0.39, 0.29) is 17.1 Å². The zero-order valence-electron chi connectivity index (χ0n) is 5.43. The summed E-state index contributed by atoms with van der Waals surface area (Å²) in [4.78, 5) is 0. The van der Waals surface area contributed by atoms with Gasteiger partial charge < -0.3 is 22.4 Å². The molecule has 0 atom stereocenters. The van der Waals surface area contributed by atoms with Crippen molar-refractivity contribution in [1.29, 1.82) is 0 Å². The number of nitrogens with two attached hydrogens (primary N) is 2. The van der Waals surface area contributed by atoms with Gasteiger partial charge in [0.2, 0.25) is 0 Å². The Morgan fingerprint density at radius 1 is 1.11 bits per heavy atom. The molecule has 8 N–H and O–H groups in total. The maximum Gasteiger partial charge on any atom is 0.0549 e. The summed E-state index contributed by atoms with van der Waals surface area (Å²) in [6.45, 7) is 0. The number of hydrogen-bond acceptors (Lipinski definition) is 2. The van der Waals surface area contributed by atoms with Crippen LogP contribution in [0.4, 0.5) is 0 Å². The summed E-state index contributed by atoms with van der Waals surface area (Å²) in [7, 11) is 0. The zero-order chi connectivity index (χ0) is 5.28. The molecule has 4 heteroatoms. The van der Waals surface area contributed by atoms with E-state index >= 15 is 0 Å². The maximum atomic E-state index is 5.38. The second-order valence-electron chi connectivity index (χ2n) is 2.27. The highest BCUT2D eigenvalue weighted by molar-refractivity contribution is 4.75. The van der Waals surface area contributed by atoms with Crippen LogP contribution < -0.4 is 11.5 Å². The van der Waals surface area contributed by atoms with E-state index in [1.165, 1.54) is 19.3 Å². The summed E-state index contributed by atoms with van der Waals surface area (Å²) in [5, 5.41) is 0. The van der Waals surface area contributed by atoms with Gasteiger partial charge >= 0.3 is 0 Å². The lowest BCUT2D eigenvalue weighted by Gasteiger charge is -2.28. The van der Waals surface area contributed by atoms with Crippen LogP contribution >= 0.6 is 0 Å². The van der Waals surface area contributed by atoms with Crippen molar-refractivity contribution < 1.29 is 11.0 Å². The van der Waals surface area contributed by atoms with Crippen molar-refractivity contribution in [3.05, 3.63) is 0 Å². The van der Waals surface area contributed by atoms with Crippen LogP contribution in [0.5, 0.6) is 0 Å². The Labute approximate surface area is 54.8 Å². The average Bonchev–Trinajstić information content (AvgIpc) is 1.23. The van der Waals surface area contributed by atoms with Crippen molar-refractivity contribution in [1.82, 2.24) is 0 Å². The molecule has 0 amide bonds. The van der Waals surface area contributed by atoms with Crippen LogP contribution in [0.25, 0.3) is 0 Å². The highest BCUT2D eigenvalue weighted by Crippen LogP contribution is 2.26. The van der Waals surface area contributed by atoms with Crippen LogP contribution in [-0.2, 0) is 0 Å². The minimum absolute atomic E-state index is 0. The van der Waals surface area contributed by atoms with E-state index in [1.807, 2.05) is 0 Å². The molecule has 0 bridgehead atoms. The van der Waals surface area contributed by atoms with Gasteiger partial charge in [0.1, 0.15) is 0 Å². The molecule has 1 fully saturated rings. The molecule has 0 heterocycles. The third kappa shape index (κ3) is 2.76. The largest absolute Gasteiger partial charge is 0.412 e. The molecule has 1 aliphatic rings. The third-order valence-electron chi connectivity index (χ3n) is 1.69. The molecule has 1 saturated carbocycles. The SMILES string of the molecule is NC(N)C1CCC1.O.O. The van der Waals surface area contributed by atoms with Gasteiger partial charge in [-0.1, -0.05) is 6.42 Å². The summed E-state index contributed by atoms with van der Waals surface area (Å²) in [5.74, 6) is 0.639. The van der Waals surface area contributed by atoms with Gasteiger partial charge in [0.15, 0.2) is 0 Å². The van der Waals surface area contributed by atoms with Crippen molar-refractivity contribution in [2.75, 3.05) is 0 Å². The number of rotatable bonds is 1. The van der Waals surface area contributed by atoms with Crippen molar-refractivity contribution >= 4 is 0 Å². The monoisotopic (exact) mass is 136 g/mol. The quantitative estimate of drug-likeness (QED) is 0.422. The molecule has 0 aromatic heterocycles. The molecular weight excluding hydrogens is 120 g/mol. The fourth-order valence-electron chi connectivity index (χ4n) is 0.825. The molecule has 9 heavy (non-hydrogen) atoms. The van der Waals surface area contributed by atoms with Gasteiger partial charge in [-0.2, -0.15) is 0 Å². The van der Waals surface area contributed by atoms with Gasteiger partial charge in [-0.3, -0.25) is 0 Å².